The van der Waals surface area contributed by atoms with Gasteiger partial charge in [-0.1, -0.05) is 61.0 Å². The fourth-order valence-corrected chi connectivity index (χ4v) is 0.604. The van der Waals surface area contributed by atoms with E-state index in [1.54, 1.807) is 0 Å². The van der Waals surface area contributed by atoms with Gasteiger partial charge in [-0.05, 0) is 11.8 Å². The van der Waals surface area contributed by atoms with Crippen LogP contribution < -0.4 is 0 Å². The van der Waals surface area contributed by atoms with E-state index >= 15 is 0 Å². The monoisotopic (exact) mass is 172 g/mol. The maximum atomic E-state index is 3.73. The van der Waals surface area contributed by atoms with Crippen molar-refractivity contribution in [1.29, 1.82) is 0 Å². The Bertz CT molecular complexity index is 64.4. The first-order valence-electron chi connectivity index (χ1n) is 5.34. The predicted molar refractivity (Wildman–Crippen MR) is 61.5 cm³/mol. The molecule has 0 aromatic carbocycles. The van der Waals surface area contributed by atoms with Crippen molar-refractivity contribution in [2.24, 2.45) is 11.8 Å². The highest BCUT2D eigenvalue weighted by atomic mass is 14.1. The van der Waals surface area contributed by atoms with Crippen LogP contribution >= 0.6 is 0 Å². The number of hydrogen-bond acceptors (Lipinski definition) is 0. The van der Waals surface area contributed by atoms with Gasteiger partial charge in [-0.3, -0.25) is 0 Å². The van der Waals surface area contributed by atoms with Crippen LogP contribution in [0.4, 0.5) is 0 Å². The maximum absolute atomic E-state index is 3.73. The van der Waals surface area contributed by atoms with E-state index in [2.05, 4.69) is 27.4 Å². The average Bonchev–Trinajstić information content (AvgIpc) is 2.21. The van der Waals surface area contributed by atoms with E-state index in [0.29, 0.717) is 5.92 Å². The molecule has 0 heterocycles. The molecule has 0 N–H and O–H groups in total. The zero-order valence-corrected chi connectivity index (χ0v) is 10.1. The molecule has 0 fully saturated rings. The van der Waals surface area contributed by atoms with Crippen molar-refractivity contribution in [1.82, 2.24) is 0 Å². The van der Waals surface area contributed by atoms with Crippen LogP contribution in [0.2, 0.25) is 0 Å². The molecule has 0 saturated heterocycles. The van der Waals surface area contributed by atoms with Gasteiger partial charge >= 0.3 is 0 Å². The molecule has 0 rings (SSSR count). The molecule has 0 spiro atoms. The average molecular weight is 172 g/mol. The van der Waals surface area contributed by atoms with E-state index in [1.165, 1.54) is 6.42 Å². The first kappa shape index (κ1) is 17.7. The molecule has 0 aliphatic rings. The summed E-state index contributed by atoms with van der Waals surface area (Å²) in [7, 11) is 0. The molecule has 2 atom stereocenters. The molecule has 0 aliphatic carbocycles. The number of rotatable bonds is 3. The van der Waals surface area contributed by atoms with Gasteiger partial charge in [0.2, 0.25) is 0 Å². The second-order valence-corrected chi connectivity index (χ2v) is 2.48. The summed E-state index contributed by atoms with van der Waals surface area (Å²) in [6, 6.07) is 0. The van der Waals surface area contributed by atoms with Crippen LogP contribution in [0.1, 0.15) is 54.9 Å². The van der Waals surface area contributed by atoms with E-state index in [9.17, 15) is 0 Å². The molecule has 0 saturated carbocycles. The number of allylic oxidation sites excluding steroid dienone is 1. The summed E-state index contributed by atoms with van der Waals surface area (Å²) < 4.78 is 0. The lowest BCUT2D eigenvalue weighted by molar-refractivity contribution is 0.447. The minimum atomic E-state index is 0.681. The predicted octanol–water partition coefficient (Wildman–Crippen LogP) is 4.91. The van der Waals surface area contributed by atoms with Gasteiger partial charge in [0.1, 0.15) is 0 Å². The zero-order valence-electron chi connectivity index (χ0n) is 10.1. The van der Waals surface area contributed by atoms with E-state index < -0.39 is 0 Å². The highest BCUT2D eigenvalue weighted by Crippen LogP contribution is 2.13. The van der Waals surface area contributed by atoms with Gasteiger partial charge in [-0.15, -0.1) is 6.58 Å². The number of hydrogen-bond donors (Lipinski definition) is 0. The van der Waals surface area contributed by atoms with E-state index in [-0.39, 0.29) is 0 Å². The lowest BCUT2D eigenvalue weighted by Gasteiger charge is -2.12. The molecule has 0 amide bonds. The molecular weight excluding hydrogens is 144 g/mol. The Morgan fingerprint density at radius 2 is 1.42 bits per heavy atom. The third-order valence-electron chi connectivity index (χ3n) is 1.91. The lowest BCUT2D eigenvalue weighted by Crippen LogP contribution is -2.01. The highest BCUT2D eigenvalue weighted by molar-refractivity contribution is 4.78. The van der Waals surface area contributed by atoms with E-state index in [4.69, 9.17) is 0 Å². The van der Waals surface area contributed by atoms with Gasteiger partial charge in [-0.2, -0.15) is 0 Å². The van der Waals surface area contributed by atoms with Crippen molar-refractivity contribution < 1.29 is 0 Å². The van der Waals surface area contributed by atoms with E-state index in [1.807, 2.05) is 33.8 Å². The Labute approximate surface area is 80.1 Å². The summed E-state index contributed by atoms with van der Waals surface area (Å²) in [6.07, 6.45) is 3.28. The minimum absolute atomic E-state index is 0.681. The molecule has 0 radical (unpaired) electrons. The Balaban J connectivity index is -0.000000175. The summed E-state index contributed by atoms with van der Waals surface area (Å²) in [6.45, 7) is 18.4. The smallest absolute Gasteiger partial charge is 0.0239 e. The minimum Gasteiger partial charge on any atom is -0.103 e. The Hall–Kier alpha value is -0.260. The first-order chi connectivity index (χ1) is 5.72. The Morgan fingerprint density at radius 3 is 1.50 bits per heavy atom. The topological polar surface area (TPSA) is 0 Å². The van der Waals surface area contributed by atoms with Crippen LogP contribution in [0.3, 0.4) is 0 Å². The second-order valence-electron chi connectivity index (χ2n) is 2.48. The molecule has 0 heteroatoms. The van der Waals surface area contributed by atoms with Crippen LogP contribution in [-0.4, -0.2) is 0 Å². The van der Waals surface area contributed by atoms with E-state index in [0.717, 1.165) is 5.92 Å². The van der Waals surface area contributed by atoms with Gasteiger partial charge in [0.05, 0.1) is 0 Å². The summed E-state index contributed by atoms with van der Waals surface area (Å²) >= 11 is 0. The molecule has 2 unspecified atom stereocenters. The van der Waals surface area contributed by atoms with Gasteiger partial charge in [0, 0.05) is 0 Å². The van der Waals surface area contributed by atoms with Crippen molar-refractivity contribution >= 4 is 0 Å². The van der Waals surface area contributed by atoms with Crippen molar-refractivity contribution in [2.75, 3.05) is 0 Å². The van der Waals surface area contributed by atoms with Gasteiger partial charge in [0.15, 0.2) is 0 Å². The summed E-state index contributed by atoms with van der Waals surface area (Å²) in [4.78, 5) is 0. The van der Waals surface area contributed by atoms with Crippen LogP contribution in [-0.2, 0) is 0 Å². The van der Waals surface area contributed by atoms with Crippen LogP contribution in [0.5, 0.6) is 0 Å². The van der Waals surface area contributed by atoms with Gasteiger partial charge in [-0.25, -0.2) is 0 Å². The van der Waals surface area contributed by atoms with Crippen LogP contribution in [0.25, 0.3) is 0 Å². The third-order valence-corrected chi connectivity index (χ3v) is 1.91. The fraction of sp³-hybridized carbons (Fsp3) is 0.833. The molecule has 12 heavy (non-hydrogen) atoms. The molecule has 0 aromatic heterocycles. The normalized spacial score (nSPS) is 12.6. The fourth-order valence-electron chi connectivity index (χ4n) is 0.604. The quantitative estimate of drug-likeness (QED) is 0.531. The Morgan fingerprint density at radius 1 is 1.08 bits per heavy atom. The third kappa shape index (κ3) is 12.4. The lowest BCUT2D eigenvalue weighted by atomic mass is 9.94. The standard InChI is InChI=1S/C8H16.2C2H6/c1-5-7(3)8(4)6-2;2*1-2/h5,7-8H,1,6H2,2-4H3;2*1-2H3. The molecule has 0 aliphatic heterocycles. The zero-order chi connectivity index (χ0) is 10.6. The maximum Gasteiger partial charge on any atom is -0.0239 e. The highest BCUT2D eigenvalue weighted by Gasteiger charge is 2.03. The van der Waals surface area contributed by atoms with Crippen LogP contribution in [0.15, 0.2) is 12.7 Å². The van der Waals surface area contributed by atoms with Gasteiger partial charge < -0.3 is 0 Å². The Kier molecular flexibility index (Phi) is 25.1. The molecule has 0 nitrogen and oxygen atoms in total. The molecule has 0 aromatic rings. The largest absolute Gasteiger partial charge is 0.103 e. The molecule has 0 bridgehead atoms. The van der Waals surface area contributed by atoms with Crippen LogP contribution in [0, 0.1) is 11.8 Å². The molecule has 76 valence electrons. The van der Waals surface area contributed by atoms with Gasteiger partial charge in [0.25, 0.3) is 0 Å². The van der Waals surface area contributed by atoms with Crippen molar-refractivity contribution in [3.05, 3.63) is 12.7 Å². The molecular formula is C12H28. The van der Waals surface area contributed by atoms with Crippen molar-refractivity contribution in [3.63, 3.8) is 0 Å². The summed E-state index contributed by atoms with van der Waals surface area (Å²) in [5, 5.41) is 0. The first-order valence-corrected chi connectivity index (χ1v) is 5.34. The SMILES string of the molecule is C=CC(C)C(C)CC.CC.CC. The second kappa shape index (κ2) is 17.0. The van der Waals surface area contributed by atoms with Crippen molar-refractivity contribution in [2.45, 2.75) is 54.9 Å². The summed E-state index contributed by atoms with van der Waals surface area (Å²) in [5.41, 5.74) is 0. The van der Waals surface area contributed by atoms with Crippen molar-refractivity contribution in [3.8, 4) is 0 Å². The summed E-state index contributed by atoms with van der Waals surface area (Å²) in [5.74, 6) is 1.48.